The average Bonchev–Trinajstić information content (AvgIpc) is 2.89. The second-order valence-electron chi connectivity index (χ2n) is 4.69. The molecule has 4 nitrogen and oxygen atoms in total. The van der Waals surface area contributed by atoms with Gasteiger partial charge in [-0.25, -0.2) is 0 Å². The first-order valence-electron chi connectivity index (χ1n) is 6.34. The Labute approximate surface area is 96.8 Å². The molecule has 0 saturated heterocycles. The number of aryl methyl sites for hydroxylation is 2. The van der Waals surface area contributed by atoms with Crippen molar-refractivity contribution in [3.05, 3.63) is 11.7 Å². The Morgan fingerprint density at radius 2 is 2.19 bits per heavy atom. The van der Waals surface area contributed by atoms with E-state index >= 15 is 0 Å². The zero-order chi connectivity index (χ0) is 11.2. The van der Waals surface area contributed by atoms with Gasteiger partial charge in [0.25, 0.3) is 0 Å². The lowest BCUT2D eigenvalue weighted by molar-refractivity contribution is 0.370. The van der Waals surface area contributed by atoms with Crippen LogP contribution in [0.5, 0.6) is 0 Å². The Hall–Kier alpha value is -0.900. The lowest BCUT2D eigenvalue weighted by Crippen LogP contribution is -2.22. The van der Waals surface area contributed by atoms with E-state index < -0.39 is 0 Å². The third kappa shape index (κ3) is 3.59. The molecule has 0 bridgehead atoms. The van der Waals surface area contributed by atoms with E-state index in [1.165, 1.54) is 32.2 Å². The molecule has 1 aromatic rings. The molecule has 0 spiro atoms. The number of hydrogen-bond acceptors (Lipinski definition) is 4. The smallest absolute Gasteiger partial charge is 0.226 e. The van der Waals surface area contributed by atoms with Gasteiger partial charge in [-0.3, -0.25) is 0 Å². The van der Waals surface area contributed by atoms with Crippen molar-refractivity contribution in [2.75, 3.05) is 13.1 Å². The summed E-state index contributed by atoms with van der Waals surface area (Å²) in [6.07, 6.45) is 7.64. The van der Waals surface area contributed by atoms with Crippen LogP contribution < -0.4 is 5.32 Å². The van der Waals surface area contributed by atoms with Gasteiger partial charge in [0.1, 0.15) is 0 Å². The first-order chi connectivity index (χ1) is 7.84. The van der Waals surface area contributed by atoms with E-state index in [-0.39, 0.29) is 0 Å². The van der Waals surface area contributed by atoms with Crippen LogP contribution in [0.4, 0.5) is 0 Å². The molecule has 1 N–H and O–H groups in total. The monoisotopic (exact) mass is 223 g/mol. The Morgan fingerprint density at radius 1 is 1.38 bits per heavy atom. The van der Waals surface area contributed by atoms with E-state index in [2.05, 4.69) is 15.5 Å². The molecule has 16 heavy (non-hydrogen) atoms. The number of nitrogens with zero attached hydrogens (tertiary/aromatic N) is 2. The first kappa shape index (κ1) is 11.6. The standard InChI is InChI=1S/C12H21N3O/c1-10-14-12(16-15-10)7-4-8-13-9-11-5-2-3-6-11/h11,13H,2-9H2,1H3. The largest absolute Gasteiger partial charge is 0.339 e. The highest BCUT2D eigenvalue weighted by atomic mass is 16.5. The second kappa shape index (κ2) is 5.99. The van der Waals surface area contributed by atoms with E-state index in [4.69, 9.17) is 4.52 Å². The number of nitrogens with one attached hydrogen (secondary N) is 1. The summed E-state index contributed by atoms with van der Waals surface area (Å²) >= 11 is 0. The Kier molecular flexibility index (Phi) is 4.34. The quantitative estimate of drug-likeness (QED) is 0.750. The molecular formula is C12H21N3O. The van der Waals surface area contributed by atoms with Crippen LogP contribution in [-0.2, 0) is 6.42 Å². The third-order valence-corrected chi connectivity index (χ3v) is 3.22. The van der Waals surface area contributed by atoms with E-state index in [0.717, 1.165) is 37.0 Å². The topological polar surface area (TPSA) is 51.0 Å². The van der Waals surface area contributed by atoms with Crippen molar-refractivity contribution >= 4 is 0 Å². The fraction of sp³-hybridized carbons (Fsp3) is 0.833. The maximum Gasteiger partial charge on any atom is 0.226 e. The van der Waals surface area contributed by atoms with E-state index in [1.807, 2.05) is 6.92 Å². The lowest BCUT2D eigenvalue weighted by Gasteiger charge is -2.09. The van der Waals surface area contributed by atoms with Crippen molar-refractivity contribution in [2.45, 2.75) is 45.4 Å². The fourth-order valence-electron chi connectivity index (χ4n) is 2.33. The van der Waals surface area contributed by atoms with Crippen molar-refractivity contribution in [3.63, 3.8) is 0 Å². The molecule has 1 aromatic heterocycles. The van der Waals surface area contributed by atoms with Crippen LogP contribution in [0.15, 0.2) is 4.52 Å². The zero-order valence-corrected chi connectivity index (χ0v) is 10.0. The molecule has 0 atom stereocenters. The molecule has 1 aliphatic rings. The summed E-state index contributed by atoms with van der Waals surface area (Å²) in [5.41, 5.74) is 0. The summed E-state index contributed by atoms with van der Waals surface area (Å²) < 4.78 is 5.06. The maximum atomic E-state index is 5.06. The van der Waals surface area contributed by atoms with Crippen LogP contribution in [0.25, 0.3) is 0 Å². The minimum Gasteiger partial charge on any atom is -0.339 e. The Morgan fingerprint density at radius 3 is 2.88 bits per heavy atom. The van der Waals surface area contributed by atoms with Crippen molar-refractivity contribution < 1.29 is 4.52 Å². The van der Waals surface area contributed by atoms with E-state index in [9.17, 15) is 0 Å². The van der Waals surface area contributed by atoms with Gasteiger partial charge in [-0.05, 0) is 45.2 Å². The molecule has 4 heteroatoms. The summed E-state index contributed by atoms with van der Waals surface area (Å²) in [4.78, 5) is 4.18. The van der Waals surface area contributed by atoms with Crippen molar-refractivity contribution in [3.8, 4) is 0 Å². The van der Waals surface area contributed by atoms with Crippen LogP contribution in [0, 0.1) is 12.8 Å². The summed E-state index contributed by atoms with van der Waals surface area (Å²) in [6.45, 7) is 4.09. The number of aromatic nitrogens is 2. The summed E-state index contributed by atoms with van der Waals surface area (Å²) in [5, 5.41) is 7.29. The fourth-order valence-corrected chi connectivity index (χ4v) is 2.33. The predicted molar refractivity (Wildman–Crippen MR) is 62.2 cm³/mol. The Bertz CT molecular complexity index is 305. The van der Waals surface area contributed by atoms with Gasteiger partial charge in [-0.15, -0.1) is 0 Å². The van der Waals surface area contributed by atoms with Crippen LogP contribution in [-0.4, -0.2) is 23.2 Å². The normalized spacial score (nSPS) is 17.1. The molecule has 0 aromatic carbocycles. The molecule has 1 heterocycles. The summed E-state index contributed by atoms with van der Waals surface area (Å²) in [5.74, 6) is 2.42. The molecule has 1 fully saturated rings. The summed E-state index contributed by atoms with van der Waals surface area (Å²) in [6, 6.07) is 0. The van der Waals surface area contributed by atoms with Crippen LogP contribution in [0.1, 0.15) is 43.8 Å². The first-order valence-corrected chi connectivity index (χ1v) is 6.34. The minimum atomic E-state index is 0.730. The average molecular weight is 223 g/mol. The SMILES string of the molecule is Cc1noc(CCCNCC2CCCC2)n1. The molecule has 0 radical (unpaired) electrons. The van der Waals surface area contributed by atoms with Crippen LogP contribution >= 0.6 is 0 Å². The van der Waals surface area contributed by atoms with Gasteiger partial charge in [0.05, 0.1) is 0 Å². The highest BCUT2D eigenvalue weighted by molar-refractivity contribution is 4.82. The van der Waals surface area contributed by atoms with Crippen LogP contribution in [0.2, 0.25) is 0 Å². The minimum absolute atomic E-state index is 0.730. The van der Waals surface area contributed by atoms with E-state index in [0.29, 0.717) is 0 Å². The van der Waals surface area contributed by atoms with Gasteiger partial charge < -0.3 is 9.84 Å². The van der Waals surface area contributed by atoms with Crippen molar-refractivity contribution in [1.29, 1.82) is 0 Å². The third-order valence-electron chi connectivity index (χ3n) is 3.22. The van der Waals surface area contributed by atoms with Gasteiger partial charge in [-0.2, -0.15) is 4.98 Å². The highest BCUT2D eigenvalue weighted by Gasteiger charge is 2.13. The van der Waals surface area contributed by atoms with Gasteiger partial charge in [-0.1, -0.05) is 18.0 Å². The molecule has 0 aliphatic heterocycles. The van der Waals surface area contributed by atoms with Gasteiger partial charge in [0, 0.05) is 6.42 Å². The van der Waals surface area contributed by atoms with Crippen molar-refractivity contribution in [2.24, 2.45) is 5.92 Å². The molecule has 0 unspecified atom stereocenters. The van der Waals surface area contributed by atoms with Crippen molar-refractivity contribution in [1.82, 2.24) is 15.5 Å². The van der Waals surface area contributed by atoms with Crippen LogP contribution in [0.3, 0.4) is 0 Å². The molecule has 1 aliphatic carbocycles. The molecule has 1 saturated carbocycles. The molecule has 2 rings (SSSR count). The maximum absolute atomic E-state index is 5.06. The second-order valence-corrected chi connectivity index (χ2v) is 4.69. The van der Waals surface area contributed by atoms with Gasteiger partial charge in [0.2, 0.25) is 5.89 Å². The van der Waals surface area contributed by atoms with Gasteiger partial charge in [0.15, 0.2) is 5.82 Å². The molecular weight excluding hydrogens is 202 g/mol. The summed E-state index contributed by atoms with van der Waals surface area (Å²) in [7, 11) is 0. The molecule has 90 valence electrons. The zero-order valence-electron chi connectivity index (χ0n) is 10.0. The number of hydrogen-bond donors (Lipinski definition) is 1. The predicted octanol–water partition coefficient (Wildman–Crippen LogP) is 2.09. The Balaban J connectivity index is 1.51. The van der Waals surface area contributed by atoms with Gasteiger partial charge >= 0.3 is 0 Å². The van der Waals surface area contributed by atoms with E-state index in [1.54, 1.807) is 0 Å². The highest BCUT2D eigenvalue weighted by Crippen LogP contribution is 2.23. The molecule has 0 amide bonds. The lowest BCUT2D eigenvalue weighted by atomic mass is 10.1. The number of rotatable bonds is 6.